The molecule has 0 bridgehead atoms. The van der Waals surface area contributed by atoms with Crippen molar-refractivity contribution in [2.24, 2.45) is 0 Å². The van der Waals surface area contributed by atoms with E-state index in [9.17, 15) is 15.2 Å². The van der Waals surface area contributed by atoms with Crippen LogP contribution in [0.2, 0.25) is 0 Å². The Morgan fingerprint density at radius 3 is 3.00 bits per heavy atom. The van der Waals surface area contributed by atoms with Gasteiger partial charge in [0.1, 0.15) is 22.4 Å². The molecule has 2 aromatic heterocycles. The number of rotatable bonds is 6. The monoisotopic (exact) mass is 373 g/mol. The summed E-state index contributed by atoms with van der Waals surface area (Å²) in [7, 11) is 0. The van der Waals surface area contributed by atoms with Crippen molar-refractivity contribution in [3.63, 3.8) is 0 Å². The molecule has 0 aliphatic carbocycles. The van der Waals surface area contributed by atoms with Gasteiger partial charge in [-0.3, -0.25) is 4.57 Å². The third-order valence-corrected chi connectivity index (χ3v) is 5.46. The molecule has 0 saturated heterocycles. The number of aromatic amines is 1. The maximum atomic E-state index is 11.7. The molecule has 0 spiro atoms. The molecule has 128 valence electrons. The highest BCUT2D eigenvalue weighted by Gasteiger charge is 2.15. The lowest BCUT2D eigenvalue weighted by molar-refractivity contribution is 0.420. The summed E-state index contributed by atoms with van der Waals surface area (Å²) in [5, 5.41) is 27.1. The largest absolute Gasteiger partial charge is 0.510 e. The Morgan fingerprint density at radius 1 is 1.48 bits per heavy atom. The Hall–Kier alpha value is -2.57. The van der Waals surface area contributed by atoms with E-state index in [-0.39, 0.29) is 22.8 Å². The summed E-state index contributed by atoms with van der Waals surface area (Å²) in [6, 6.07) is 9.59. The number of allylic oxidation sites excluding steroid dienone is 1. The number of aromatic nitrogens is 4. The molecule has 25 heavy (non-hydrogen) atoms. The van der Waals surface area contributed by atoms with Gasteiger partial charge in [0, 0.05) is 6.54 Å². The average Bonchev–Trinajstić information content (AvgIpc) is 3.18. The first-order valence-corrected chi connectivity index (χ1v) is 9.40. The molecule has 2 N–H and O–H groups in total. The highest BCUT2D eigenvalue weighted by atomic mass is 32.2. The van der Waals surface area contributed by atoms with E-state index in [1.54, 1.807) is 0 Å². The molecule has 0 fully saturated rings. The lowest BCUT2D eigenvalue weighted by Crippen LogP contribution is -2.17. The van der Waals surface area contributed by atoms with Crippen LogP contribution >= 0.6 is 23.1 Å². The van der Waals surface area contributed by atoms with Gasteiger partial charge in [-0.1, -0.05) is 30.8 Å². The van der Waals surface area contributed by atoms with Crippen LogP contribution in [0, 0.1) is 11.3 Å². The van der Waals surface area contributed by atoms with E-state index in [0.29, 0.717) is 16.7 Å². The summed E-state index contributed by atoms with van der Waals surface area (Å²) in [5.74, 6) is 0.0531. The summed E-state index contributed by atoms with van der Waals surface area (Å²) in [4.78, 5) is 16.1. The van der Waals surface area contributed by atoms with Gasteiger partial charge in [-0.2, -0.15) is 5.26 Å². The van der Waals surface area contributed by atoms with E-state index >= 15 is 0 Å². The van der Waals surface area contributed by atoms with Crippen LogP contribution in [0.15, 0.2) is 40.0 Å². The summed E-state index contributed by atoms with van der Waals surface area (Å²) in [6.07, 6.45) is 0.796. The fourth-order valence-corrected chi connectivity index (χ4v) is 4.09. The Kier molecular flexibility index (Phi) is 5.21. The Morgan fingerprint density at radius 2 is 2.28 bits per heavy atom. The number of aliphatic hydroxyl groups is 1. The van der Waals surface area contributed by atoms with Crippen LogP contribution in [0.25, 0.3) is 15.8 Å². The summed E-state index contributed by atoms with van der Waals surface area (Å²) < 4.78 is 2.47. The first-order valence-electron chi connectivity index (χ1n) is 7.60. The van der Waals surface area contributed by atoms with Gasteiger partial charge < -0.3 is 5.11 Å². The van der Waals surface area contributed by atoms with Crippen molar-refractivity contribution >= 4 is 38.9 Å². The molecular formula is C16H15N5O2S2. The number of para-hydroxylation sites is 1. The predicted molar refractivity (Wildman–Crippen MR) is 98.6 cm³/mol. The van der Waals surface area contributed by atoms with E-state index < -0.39 is 0 Å². The van der Waals surface area contributed by atoms with Crippen LogP contribution in [-0.2, 0) is 6.54 Å². The minimum atomic E-state index is -0.278. The zero-order valence-corrected chi connectivity index (χ0v) is 15.0. The van der Waals surface area contributed by atoms with Crippen molar-refractivity contribution in [2.45, 2.75) is 25.0 Å². The first-order chi connectivity index (χ1) is 12.1. The zero-order valence-electron chi connectivity index (χ0n) is 13.4. The lowest BCUT2D eigenvalue weighted by Gasteiger charge is -2.04. The van der Waals surface area contributed by atoms with Crippen molar-refractivity contribution in [1.29, 1.82) is 5.26 Å². The number of nitriles is 1. The van der Waals surface area contributed by atoms with Crippen LogP contribution in [0.3, 0.4) is 0 Å². The highest BCUT2D eigenvalue weighted by Crippen LogP contribution is 2.29. The average molecular weight is 373 g/mol. The van der Waals surface area contributed by atoms with E-state index in [1.165, 1.54) is 27.7 Å². The van der Waals surface area contributed by atoms with Crippen molar-refractivity contribution < 1.29 is 5.11 Å². The number of hydrogen-bond acceptors (Lipinski definition) is 7. The molecule has 3 rings (SSSR count). The maximum absolute atomic E-state index is 11.7. The number of H-pyrrole nitrogens is 1. The smallest absolute Gasteiger partial charge is 0.343 e. The van der Waals surface area contributed by atoms with Gasteiger partial charge in [-0.25, -0.2) is 14.9 Å². The van der Waals surface area contributed by atoms with Crippen LogP contribution in [-0.4, -0.2) is 30.6 Å². The van der Waals surface area contributed by atoms with Crippen molar-refractivity contribution in [1.82, 2.24) is 19.7 Å². The minimum absolute atomic E-state index is 0.0787. The normalized spacial score (nSPS) is 12.2. The lowest BCUT2D eigenvalue weighted by atomic mass is 10.2. The molecule has 0 aliphatic rings. The molecule has 7 nitrogen and oxygen atoms in total. The number of nitrogens with zero attached hydrogens (tertiary/aromatic N) is 4. The third-order valence-electron chi connectivity index (χ3n) is 3.42. The predicted octanol–water partition coefficient (Wildman–Crippen LogP) is 3.18. The molecule has 0 unspecified atom stereocenters. The molecule has 0 atom stereocenters. The number of nitrogens with one attached hydrogen (secondary N) is 1. The number of thioether (sulfide) groups is 1. The van der Waals surface area contributed by atoms with Crippen LogP contribution in [0.4, 0.5) is 0 Å². The van der Waals surface area contributed by atoms with Crippen LogP contribution in [0.1, 0.15) is 18.4 Å². The molecule has 2 heterocycles. The van der Waals surface area contributed by atoms with Crippen molar-refractivity contribution in [3.8, 4) is 6.07 Å². The number of benzene rings is 1. The van der Waals surface area contributed by atoms with Gasteiger partial charge in [-0.15, -0.1) is 16.4 Å². The fourth-order valence-electron chi connectivity index (χ4n) is 2.25. The first kappa shape index (κ1) is 17.3. The van der Waals surface area contributed by atoms with E-state index in [1.807, 2.05) is 37.3 Å². The molecular weight excluding hydrogens is 358 g/mol. The van der Waals surface area contributed by atoms with Crippen LogP contribution < -0.4 is 5.69 Å². The molecule has 3 aromatic rings. The van der Waals surface area contributed by atoms with Gasteiger partial charge in [0.2, 0.25) is 0 Å². The summed E-state index contributed by atoms with van der Waals surface area (Å²) in [6.45, 7) is 2.51. The van der Waals surface area contributed by atoms with Gasteiger partial charge in [-0.05, 0) is 18.6 Å². The molecule has 0 amide bonds. The van der Waals surface area contributed by atoms with Gasteiger partial charge in [0.15, 0.2) is 5.16 Å². The second-order valence-electron chi connectivity index (χ2n) is 5.17. The topological polar surface area (TPSA) is 108 Å². The Bertz CT molecular complexity index is 992. The van der Waals surface area contributed by atoms with Gasteiger partial charge in [0.05, 0.1) is 16.0 Å². The van der Waals surface area contributed by atoms with E-state index in [4.69, 9.17) is 0 Å². The van der Waals surface area contributed by atoms with Crippen molar-refractivity contribution in [2.75, 3.05) is 5.75 Å². The SMILES string of the molecule is CCCn1c(SC/C(O)=C(\C#N)c2nc3ccccc3s2)n[nH]c1=O. The quantitative estimate of drug-likeness (QED) is 0.390. The second kappa shape index (κ2) is 7.55. The minimum Gasteiger partial charge on any atom is -0.510 e. The number of hydrogen-bond donors (Lipinski definition) is 2. The van der Waals surface area contributed by atoms with Crippen molar-refractivity contribution in [3.05, 3.63) is 45.5 Å². The molecule has 0 aliphatic heterocycles. The fraction of sp³-hybridized carbons (Fsp3) is 0.250. The zero-order chi connectivity index (χ0) is 17.8. The molecule has 0 radical (unpaired) electrons. The Balaban J connectivity index is 1.85. The second-order valence-corrected chi connectivity index (χ2v) is 7.15. The van der Waals surface area contributed by atoms with Gasteiger partial charge >= 0.3 is 5.69 Å². The molecule has 0 saturated carbocycles. The Labute approximate surface area is 151 Å². The van der Waals surface area contributed by atoms with Gasteiger partial charge in [0.25, 0.3) is 0 Å². The summed E-state index contributed by atoms with van der Waals surface area (Å²) >= 11 is 2.56. The number of aliphatic hydroxyl groups excluding tert-OH is 1. The number of thiazole rings is 1. The third kappa shape index (κ3) is 3.60. The number of fused-ring (bicyclic) bond motifs is 1. The molecule has 1 aromatic carbocycles. The molecule has 9 heteroatoms. The standard InChI is InChI=1S/C16H15N5O2S2/c1-2-7-21-15(23)19-20-16(21)24-9-12(22)10(8-17)14-18-11-5-3-4-6-13(11)25-14/h3-6,22H,2,7,9H2,1H3,(H,19,23)/b12-10-. The van der Waals surface area contributed by atoms with E-state index in [0.717, 1.165) is 16.6 Å². The van der Waals surface area contributed by atoms with Crippen LogP contribution in [0.5, 0.6) is 0 Å². The maximum Gasteiger partial charge on any atom is 0.343 e. The van der Waals surface area contributed by atoms with E-state index in [2.05, 4.69) is 15.2 Å². The highest BCUT2D eigenvalue weighted by molar-refractivity contribution is 7.99. The summed E-state index contributed by atoms with van der Waals surface area (Å²) in [5.41, 5.74) is 0.660.